The fourth-order valence-corrected chi connectivity index (χ4v) is 5.01. The number of aromatic amines is 1. The van der Waals surface area contributed by atoms with Gasteiger partial charge in [-0.25, -0.2) is 4.79 Å². The number of aromatic nitrogens is 2. The Morgan fingerprint density at radius 2 is 1.51 bits per heavy atom. The molecule has 0 saturated heterocycles. The quantitative estimate of drug-likeness (QED) is 0.378. The Morgan fingerprint density at radius 1 is 0.886 bits per heavy atom. The zero-order valence-corrected chi connectivity index (χ0v) is 19.5. The Bertz CT molecular complexity index is 1590. The molecule has 174 valence electrons. The number of nitrogens with two attached hydrogens (primary N) is 1. The zero-order chi connectivity index (χ0) is 24.4. The molecule has 0 unspecified atom stereocenters. The summed E-state index contributed by atoms with van der Waals surface area (Å²) in [6.07, 6.45) is 0. The van der Waals surface area contributed by atoms with Crippen molar-refractivity contribution in [3.63, 3.8) is 0 Å². The fourth-order valence-electron chi connectivity index (χ4n) is 4.00. The zero-order valence-electron chi connectivity index (χ0n) is 18.7. The molecular weight excluding hydrogens is 460 g/mol. The van der Waals surface area contributed by atoms with Crippen LogP contribution in [0.2, 0.25) is 0 Å². The number of carbonyl (C=O) groups is 1. The number of hydrogen-bond acceptors (Lipinski definition) is 5. The molecule has 2 heterocycles. The maximum atomic E-state index is 13.8. The summed E-state index contributed by atoms with van der Waals surface area (Å²) in [6, 6.07) is 28.2. The Balaban J connectivity index is 1.64. The number of benzene rings is 3. The predicted octanol–water partition coefficient (Wildman–Crippen LogP) is 4.23. The van der Waals surface area contributed by atoms with Crippen LogP contribution < -0.4 is 21.9 Å². The van der Waals surface area contributed by atoms with Gasteiger partial charge in [0.2, 0.25) is 0 Å². The number of carbonyl (C=O) groups excluding carboxylic acids is 1. The first-order valence-corrected chi connectivity index (χ1v) is 11.8. The summed E-state index contributed by atoms with van der Waals surface area (Å²) in [5.41, 5.74) is 6.70. The number of nitrogen functional groups attached to an aromatic ring is 1. The molecule has 2 aromatic heterocycles. The Kier molecular flexibility index (Phi) is 6.03. The molecule has 0 bridgehead atoms. The van der Waals surface area contributed by atoms with Crippen molar-refractivity contribution >= 4 is 38.8 Å². The van der Waals surface area contributed by atoms with E-state index in [9.17, 15) is 14.4 Å². The van der Waals surface area contributed by atoms with Crippen molar-refractivity contribution < 1.29 is 4.79 Å². The number of fused-ring (bicyclic) bond motifs is 1. The second-order valence-electron chi connectivity index (χ2n) is 8.09. The van der Waals surface area contributed by atoms with Gasteiger partial charge in [-0.05, 0) is 28.6 Å². The van der Waals surface area contributed by atoms with Crippen LogP contribution in [-0.2, 0) is 13.1 Å². The molecular formula is C27H22N4O3S. The summed E-state index contributed by atoms with van der Waals surface area (Å²) in [6.45, 7) is 0.274. The van der Waals surface area contributed by atoms with E-state index in [4.69, 9.17) is 5.73 Å². The minimum Gasteiger partial charge on any atom is -0.383 e. The SMILES string of the molecule is Nc1c(N(Cc2ccccc2)C(=O)c2cc3ccccc3s2)c(=O)[nH]c(=O)n1Cc1ccccc1. The highest BCUT2D eigenvalue weighted by Gasteiger charge is 2.27. The number of H-pyrrole nitrogens is 1. The summed E-state index contributed by atoms with van der Waals surface area (Å²) in [4.78, 5) is 43.7. The van der Waals surface area contributed by atoms with E-state index in [1.54, 1.807) is 0 Å². The molecule has 0 aliphatic rings. The first-order valence-electron chi connectivity index (χ1n) is 11.0. The van der Waals surface area contributed by atoms with Crippen molar-refractivity contribution in [3.05, 3.63) is 128 Å². The first kappa shape index (κ1) is 22.4. The first-order chi connectivity index (χ1) is 17.0. The third-order valence-corrected chi connectivity index (χ3v) is 6.84. The smallest absolute Gasteiger partial charge is 0.330 e. The molecule has 0 radical (unpaired) electrons. The van der Waals surface area contributed by atoms with E-state index >= 15 is 0 Å². The van der Waals surface area contributed by atoms with E-state index in [0.717, 1.165) is 21.2 Å². The van der Waals surface area contributed by atoms with Crippen molar-refractivity contribution in [3.8, 4) is 0 Å². The van der Waals surface area contributed by atoms with Crippen molar-refractivity contribution in [1.29, 1.82) is 0 Å². The number of amides is 1. The third kappa shape index (κ3) is 4.51. The highest BCUT2D eigenvalue weighted by atomic mass is 32.1. The minimum absolute atomic E-state index is 0.0492. The van der Waals surface area contributed by atoms with Gasteiger partial charge in [0.25, 0.3) is 11.5 Å². The number of hydrogen-bond donors (Lipinski definition) is 2. The average molecular weight is 483 g/mol. The molecule has 0 atom stereocenters. The fraction of sp³-hybridized carbons (Fsp3) is 0.0741. The number of anilines is 2. The molecule has 0 spiro atoms. The average Bonchev–Trinajstić information content (AvgIpc) is 3.31. The van der Waals surface area contributed by atoms with Gasteiger partial charge in [-0.2, -0.15) is 0 Å². The Labute approximate surface area is 204 Å². The van der Waals surface area contributed by atoms with E-state index in [2.05, 4.69) is 4.98 Å². The molecule has 7 nitrogen and oxygen atoms in total. The predicted molar refractivity (Wildman–Crippen MR) is 140 cm³/mol. The minimum atomic E-state index is -0.706. The highest BCUT2D eigenvalue weighted by molar-refractivity contribution is 7.20. The van der Waals surface area contributed by atoms with Crippen molar-refractivity contribution in [2.24, 2.45) is 0 Å². The van der Waals surface area contributed by atoms with Crippen LogP contribution in [0.1, 0.15) is 20.8 Å². The molecule has 8 heteroatoms. The van der Waals surface area contributed by atoms with Crippen LogP contribution in [0.25, 0.3) is 10.1 Å². The number of thiophene rings is 1. The van der Waals surface area contributed by atoms with E-state index in [0.29, 0.717) is 4.88 Å². The molecule has 1 amide bonds. The van der Waals surface area contributed by atoms with Crippen LogP contribution in [0, 0.1) is 0 Å². The molecule has 5 rings (SSSR count). The van der Waals surface area contributed by atoms with Gasteiger partial charge < -0.3 is 5.73 Å². The van der Waals surface area contributed by atoms with E-state index in [-0.39, 0.29) is 30.5 Å². The molecule has 0 fully saturated rings. The monoisotopic (exact) mass is 482 g/mol. The topological polar surface area (TPSA) is 101 Å². The maximum Gasteiger partial charge on any atom is 0.330 e. The van der Waals surface area contributed by atoms with Crippen LogP contribution in [0.4, 0.5) is 11.5 Å². The Hall–Kier alpha value is -4.43. The molecule has 0 aliphatic carbocycles. The van der Waals surface area contributed by atoms with E-state index in [1.165, 1.54) is 20.8 Å². The number of rotatable bonds is 6. The maximum absolute atomic E-state index is 13.8. The summed E-state index contributed by atoms with van der Waals surface area (Å²) in [7, 11) is 0. The lowest BCUT2D eigenvalue weighted by molar-refractivity contribution is 0.0988. The largest absolute Gasteiger partial charge is 0.383 e. The van der Waals surface area contributed by atoms with E-state index in [1.807, 2.05) is 91.0 Å². The molecule has 0 aliphatic heterocycles. The second-order valence-corrected chi connectivity index (χ2v) is 9.17. The van der Waals surface area contributed by atoms with E-state index < -0.39 is 11.2 Å². The highest BCUT2D eigenvalue weighted by Crippen LogP contribution is 2.29. The summed E-state index contributed by atoms with van der Waals surface area (Å²) in [5.74, 6) is -0.426. The molecule has 3 N–H and O–H groups in total. The van der Waals surface area contributed by atoms with Gasteiger partial charge in [0, 0.05) is 4.70 Å². The second kappa shape index (κ2) is 9.44. The van der Waals surface area contributed by atoms with Crippen molar-refractivity contribution in [2.75, 3.05) is 10.6 Å². The molecule has 3 aromatic carbocycles. The lowest BCUT2D eigenvalue weighted by Gasteiger charge is -2.24. The van der Waals surface area contributed by atoms with Gasteiger partial charge >= 0.3 is 5.69 Å². The summed E-state index contributed by atoms with van der Waals surface area (Å²) < 4.78 is 2.24. The third-order valence-electron chi connectivity index (χ3n) is 5.73. The summed E-state index contributed by atoms with van der Waals surface area (Å²) in [5, 5.41) is 0.941. The molecule has 0 saturated carbocycles. The van der Waals surface area contributed by atoms with Crippen LogP contribution in [0.15, 0.2) is 101 Å². The molecule has 5 aromatic rings. The normalized spacial score (nSPS) is 11.0. The Morgan fingerprint density at radius 3 is 2.20 bits per heavy atom. The lowest BCUT2D eigenvalue weighted by Crippen LogP contribution is -2.40. The number of nitrogens with one attached hydrogen (secondary N) is 1. The van der Waals surface area contributed by atoms with Crippen molar-refractivity contribution in [2.45, 2.75) is 13.1 Å². The van der Waals surface area contributed by atoms with Crippen molar-refractivity contribution in [1.82, 2.24) is 9.55 Å². The van der Waals surface area contributed by atoms with Gasteiger partial charge in [-0.3, -0.25) is 24.0 Å². The summed E-state index contributed by atoms with van der Waals surface area (Å²) >= 11 is 1.35. The van der Waals surface area contributed by atoms with Gasteiger partial charge in [0.05, 0.1) is 18.0 Å². The van der Waals surface area contributed by atoms with Crippen LogP contribution in [-0.4, -0.2) is 15.5 Å². The van der Waals surface area contributed by atoms with Gasteiger partial charge in [0.15, 0.2) is 5.69 Å². The number of nitrogens with zero attached hydrogens (tertiary/aromatic N) is 2. The van der Waals surface area contributed by atoms with Crippen LogP contribution >= 0.6 is 11.3 Å². The molecule has 35 heavy (non-hydrogen) atoms. The standard InChI is InChI=1S/C27H22N4O3S/c28-24-23(25(32)29-27(34)31(24)17-19-11-5-2-6-12-19)30(16-18-9-3-1-4-10-18)26(33)22-15-20-13-7-8-14-21(20)35-22/h1-15H,16-17,28H2,(H,29,32,34). The van der Waals surface area contributed by atoms with Gasteiger partial charge in [-0.15, -0.1) is 11.3 Å². The van der Waals surface area contributed by atoms with Crippen LogP contribution in [0.5, 0.6) is 0 Å². The lowest BCUT2D eigenvalue weighted by atomic mass is 10.2. The van der Waals surface area contributed by atoms with Gasteiger partial charge in [0.1, 0.15) is 5.82 Å². The van der Waals surface area contributed by atoms with Gasteiger partial charge in [-0.1, -0.05) is 78.9 Å². The van der Waals surface area contributed by atoms with Crippen LogP contribution in [0.3, 0.4) is 0 Å².